The van der Waals surface area contributed by atoms with Crippen LogP contribution in [0.15, 0.2) is 36.8 Å². The van der Waals surface area contributed by atoms with Crippen LogP contribution < -0.4 is 10.2 Å². The maximum absolute atomic E-state index is 12.6. The molecule has 7 nitrogen and oxygen atoms in total. The molecule has 2 aliphatic rings. The highest BCUT2D eigenvalue weighted by atomic mass is 16.1. The third kappa shape index (κ3) is 3.32. The van der Waals surface area contributed by atoms with E-state index in [1.54, 1.807) is 6.20 Å². The number of aromatic nitrogens is 4. The molecule has 28 heavy (non-hydrogen) atoms. The van der Waals surface area contributed by atoms with E-state index in [0.29, 0.717) is 12.3 Å². The summed E-state index contributed by atoms with van der Waals surface area (Å²) in [5.74, 6) is 1.44. The van der Waals surface area contributed by atoms with Gasteiger partial charge in [-0.05, 0) is 43.9 Å². The molecule has 1 aliphatic carbocycles. The van der Waals surface area contributed by atoms with E-state index in [0.717, 1.165) is 48.1 Å². The third-order valence-electron chi connectivity index (χ3n) is 5.65. The molecule has 3 aromatic rings. The van der Waals surface area contributed by atoms with E-state index in [-0.39, 0.29) is 11.9 Å². The first-order valence-electron chi connectivity index (χ1n) is 9.96. The van der Waals surface area contributed by atoms with Crippen molar-refractivity contribution in [2.75, 3.05) is 18.0 Å². The number of imidazole rings is 1. The van der Waals surface area contributed by atoms with Gasteiger partial charge in [-0.15, -0.1) is 0 Å². The van der Waals surface area contributed by atoms with Crippen molar-refractivity contribution >= 4 is 17.5 Å². The van der Waals surface area contributed by atoms with E-state index in [1.165, 1.54) is 12.8 Å². The zero-order chi connectivity index (χ0) is 19.1. The van der Waals surface area contributed by atoms with E-state index in [9.17, 15) is 4.79 Å². The molecule has 7 heteroatoms. The van der Waals surface area contributed by atoms with E-state index >= 15 is 0 Å². The Hall–Kier alpha value is -2.96. The molecule has 2 fully saturated rings. The van der Waals surface area contributed by atoms with Gasteiger partial charge >= 0.3 is 0 Å². The second-order valence-corrected chi connectivity index (χ2v) is 7.87. The standard InChI is InChI=1S/C21H24N6O/c1-14-3-2-9-27-17(12-23-20(14)27)11-19(28)24-16-7-10-26(13-16)21-22-8-6-18(25-21)15-4-5-15/h2-3,6,8-9,12,15-16H,4-5,7,10-11,13H2,1H3,(H,24,28). The molecule has 5 rings (SSSR count). The van der Waals surface area contributed by atoms with E-state index in [1.807, 2.05) is 41.9 Å². The maximum Gasteiger partial charge on any atom is 0.226 e. The van der Waals surface area contributed by atoms with E-state index in [4.69, 9.17) is 4.98 Å². The molecular formula is C21H24N6O. The van der Waals surface area contributed by atoms with Gasteiger partial charge in [0.2, 0.25) is 11.9 Å². The van der Waals surface area contributed by atoms with Gasteiger partial charge < -0.3 is 14.6 Å². The number of nitrogens with zero attached hydrogens (tertiary/aromatic N) is 5. The van der Waals surface area contributed by atoms with Crippen LogP contribution in [0.4, 0.5) is 5.95 Å². The fraction of sp³-hybridized carbons (Fsp3) is 0.429. The minimum absolute atomic E-state index is 0.0304. The first kappa shape index (κ1) is 17.2. The number of amides is 1. The number of rotatable bonds is 5. The van der Waals surface area contributed by atoms with Gasteiger partial charge in [0.25, 0.3) is 0 Å². The minimum atomic E-state index is 0.0304. The van der Waals surface area contributed by atoms with Crippen molar-refractivity contribution in [3.8, 4) is 0 Å². The van der Waals surface area contributed by atoms with Gasteiger partial charge in [-0.25, -0.2) is 15.0 Å². The Labute approximate surface area is 163 Å². The average molecular weight is 376 g/mol. The van der Waals surface area contributed by atoms with Crippen molar-refractivity contribution in [1.29, 1.82) is 0 Å². The van der Waals surface area contributed by atoms with Crippen LogP contribution in [0.3, 0.4) is 0 Å². The Morgan fingerprint density at radius 1 is 1.25 bits per heavy atom. The SMILES string of the molecule is Cc1cccn2c(CC(=O)NC3CCN(c4nccc(C5CC5)n4)C3)cnc12. The summed E-state index contributed by atoms with van der Waals surface area (Å²) < 4.78 is 1.99. The lowest BCUT2D eigenvalue weighted by atomic mass is 10.2. The van der Waals surface area contributed by atoms with Crippen molar-refractivity contribution < 1.29 is 4.79 Å². The number of pyridine rings is 1. The maximum atomic E-state index is 12.6. The second-order valence-electron chi connectivity index (χ2n) is 7.87. The van der Waals surface area contributed by atoms with Gasteiger partial charge in [0.05, 0.1) is 12.1 Å². The van der Waals surface area contributed by atoms with Gasteiger partial charge in [-0.1, -0.05) is 6.07 Å². The van der Waals surface area contributed by atoms with Crippen molar-refractivity contribution in [3.05, 3.63) is 53.7 Å². The second kappa shape index (κ2) is 6.89. The quantitative estimate of drug-likeness (QED) is 0.739. The lowest BCUT2D eigenvalue weighted by Gasteiger charge is -2.17. The summed E-state index contributed by atoms with van der Waals surface area (Å²) in [6.45, 7) is 3.65. The normalized spacial score (nSPS) is 19.3. The molecule has 1 aliphatic heterocycles. The zero-order valence-electron chi connectivity index (χ0n) is 16.0. The number of hydrogen-bond acceptors (Lipinski definition) is 5. The van der Waals surface area contributed by atoms with Crippen LogP contribution in [0.1, 0.15) is 42.1 Å². The van der Waals surface area contributed by atoms with Crippen LogP contribution in [0.2, 0.25) is 0 Å². The summed E-state index contributed by atoms with van der Waals surface area (Å²) in [5.41, 5.74) is 4.07. The topological polar surface area (TPSA) is 75.4 Å². The molecule has 0 aromatic carbocycles. The monoisotopic (exact) mass is 376 g/mol. The number of aryl methyl sites for hydroxylation is 1. The molecule has 1 unspecified atom stereocenters. The van der Waals surface area contributed by atoms with Crippen molar-refractivity contribution in [2.24, 2.45) is 0 Å². The van der Waals surface area contributed by atoms with E-state index in [2.05, 4.69) is 20.2 Å². The van der Waals surface area contributed by atoms with Gasteiger partial charge in [-0.3, -0.25) is 4.79 Å². The number of hydrogen-bond donors (Lipinski definition) is 1. The van der Waals surface area contributed by atoms with Crippen LogP contribution in [0.5, 0.6) is 0 Å². The Morgan fingerprint density at radius 3 is 3.00 bits per heavy atom. The van der Waals surface area contributed by atoms with Crippen molar-refractivity contribution in [2.45, 2.75) is 44.6 Å². The predicted molar refractivity (Wildman–Crippen MR) is 106 cm³/mol. The van der Waals surface area contributed by atoms with Crippen molar-refractivity contribution in [3.63, 3.8) is 0 Å². The largest absolute Gasteiger partial charge is 0.351 e. The summed E-state index contributed by atoms with van der Waals surface area (Å²) in [4.78, 5) is 28.4. The molecule has 0 bridgehead atoms. The number of nitrogens with one attached hydrogen (secondary N) is 1. The molecule has 0 spiro atoms. The van der Waals surface area contributed by atoms with Gasteiger partial charge in [0, 0.05) is 49.3 Å². The van der Waals surface area contributed by atoms with Gasteiger partial charge in [0.15, 0.2) is 0 Å². The summed E-state index contributed by atoms with van der Waals surface area (Å²) >= 11 is 0. The van der Waals surface area contributed by atoms with Crippen LogP contribution >= 0.6 is 0 Å². The summed E-state index contributed by atoms with van der Waals surface area (Å²) in [6.07, 6.45) is 9.31. The fourth-order valence-corrected chi connectivity index (χ4v) is 3.96. The van der Waals surface area contributed by atoms with Crippen LogP contribution in [-0.4, -0.2) is 44.4 Å². The Kier molecular flexibility index (Phi) is 4.22. The molecule has 0 radical (unpaired) electrons. The van der Waals surface area contributed by atoms with Gasteiger partial charge in [-0.2, -0.15) is 0 Å². The Bertz CT molecular complexity index is 1020. The molecule has 1 saturated heterocycles. The molecule has 4 heterocycles. The molecule has 3 aromatic heterocycles. The number of fused-ring (bicyclic) bond motifs is 1. The highest BCUT2D eigenvalue weighted by molar-refractivity contribution is 5.79. The summed E-state index contributed by atoms with van der Waals surface area (Å²) in [7, 11) is 0. The van der Waals surface area contributed by atoms with Crippen LogP contribution in [0.25, 0.3) is 5.65 Å². The summed E-state index contributed by atoms with van der Waals surface area (Å²) in [5, 5.41) is 3.17. The highest BCUT2D eigenvalue weighted by Gasteiger charge is 2.29. The molecular weight excluding hydrogens is 352 g/mol. The van der Waals surface area contributed by atoms with Crippen molar-refractivity contribution in [1.82, 2.24) is 24.7 Å². The first-order valence-corrected chi connectivity index (χ1v) is 9.96. The highest BCUT2D eigenvalue weighted by Crippen LogP contribution is 2.39. The summed E-state index contributed by atoms with van der Waals surface area (Å²) in [6, 6.07) is 6.16. The first-order chi connectivity index (χ1) is 13.7. The van der Waals surface area contributed by atoms with Crippen LogP contribution in [0, 0.1) is 6.92 Å². The zero-order valence-corrected chi connectivity index (χ0v) is 16.0. The smallest absolute Gasteiger partial charge is 0.226 e. The van der Waals surface area contributed by atoms with Gasteiger partial charge in [0.1, 0.15) is 5.65 Å². The average Bonchev–Trinajstić information content (AvgIpc) is 3.32. The lowest BCUT2D eigenvalue weighted by Crippen LogP contribution is -2.38. The molecule has 1 saturated carbocycles. The Balaban J connectivity index is 1.21. The fourth-order valence-electron chi connectivity index (χ4n) is 3.96. The number of carbonyl (C=O) groups excluding carboxylic acids is 1. The predicted octanol–water partition coefficient (Wildman–Crippen LogP) is 2.25. The lowest BCUT2D eigenvalue weighted by molar-refractivity contribution is -0.121. The molecule has 1 N–H and O–H groups in total. The third-order valence-corrected chi connectivity index (χ3v) is 5.65. The Morgan fingerprint density at radius 2 is 2.14 bits per heavy atom. The molecule has 1 atom stereocenters. The molecule has 1 amide bonds. The van der Waals surface area contributed by atoms with Crippen LogP contribution in [-0.2, 0) is 11.2 Å². The number of anilines is 1. The minimum Gasteiger partial charge on any atom is -0.351 e. The molecule has 144 valence electrons. The number of carbonyl (C=O) groups is 1. The van der Waals surface area contributed by atoms with E-state index < -0.39 is 0 Å².